The Morgan fingerprint density at radius 2 is 1.55 bits per heavy atom. The number of hydrogen-bond donors (Lipinski definition) is 2. The van der Waals surface area contributed by atoms with Crippen LogP contribution in [0.4, 0.5) is 4.79 Å². The number of piperazine rings is 1. The van der Waals surface area contributed by atoms with Gasteiger partial charge in [-0.3, -0.25) is 9.80 Å². The Kier molecular flexibility index (Phi) is 9.93. The van der Waals surface area contributed by atoms with Crippen LogP contribution in [0.3, 0.4) is 0 Å². The second-order valence-corrected chi connectivity index (χ2v) is 20.7. The van der Waals surface area contributed by atoms with Crippen molar-refractivity contribution in [2.45, 2.75) is 143 Å². The van der Waals surface area contributed by atoms with E-state index in [9.17, 15) is 15.0 Å². The number of hydrogen-bond acceptors (Lipinski definition) is 9. The molecular formula is C43H73N3O7. The van der Waals surface area contributed by atoms with Gasteiger partial charge in [0.25, 0.3) is 0 Å². The minimum atomic E-state index is -1.03. The highest BCUT2D eigenvalue weighted by molar-refractivity contribution is 5.68. The van der Waals surface area contributed by atoms with E-state index in [1.165, 1.54) is 12.8 Å². The first-order valence-corrected chi connectivity index (χ1v) is 21.7. The van der Waals surface area contributed by atoms with Crippen LogP contribution >= 0.6 is 0 Å². The number of fused-ring (bicyclic) bond motifs is 4. The molecule has 3 saturated heterocycles. The Balaban J connectivity index is 0.935. The molecule has 0 bridgehead atoms. The minimum absolute atomic E-state index is 0.0153. The third-order valence-electron chi connectivity index (χ3n) is 17.9. The van der Waals surface area contributed by atoms with Crippen molar-refractivity contribution in [3.8, 4) is 0 Å². The van der Waals surface area contributed by atoms with Crippen molar-refractivity contribution in [1.29, 1.82) is 0 Å². The van der Waals surface area contributed by atoms with Gasteiger partial charge in [0.05, 0.1) is 37.1 Å². The summed E-state index contributed by atoms with van der Waals surface area (Å²) in [5.74, 6) is 1.62. The fraction of sp³-hybridized carbons (Fsp3) is 0.977. The van der Waals surface area contributed by atoms with Gasteiger partial charge >= 0.3 is 6.09 Å². The molecule has 3 aliphatic heterocycles. The summed E-state index contributed by atoms with van der Waals surface area (Å²) in [5.41, 5.74) is -0.875. The van der Waals surface area contributed by atoms with Gasteiger partial charge in [0.2, 0.25) is 0 Å². The molecule has 8 fully saturated rings. The molecule has 2 spiro atoms. The molecular weight excluding hydrogens is 670 g/mol. The van der Waals surface area contributed by atoms with Crippen LogP contribution in [0, 0.1) is 50.7 Å². The number of morpholine rings is 1. The zero-order valence-corrected chi connectivity index (χ0v) is 34.4. The molecule has 302 valence electrons. The van der Waals surface area contributed by atoms with E-state index in [0.29, 0.717) is 24.4 Å². The molecule has 2 N–H and O–H groups in total. The standard InChI is InChI=1S/C43H73N3O7/c1-9-51-36(39(5,6)49)29-26-28(2)33-34(52-29)35(47)41(8)31-11-10-30-38(3,4)32(12-13-42(30)27-43(31,42)15-14-40(33,41)7)53-37(48)46-20-18-44(19-21-46)16-17-45-22-24-50-25-23-45/h28-36,47,49H,9-27H2,1-8H3/t28-,29?,30+,31?,32+,33+,34?,35+,36+,40-,41-,42-,43?/m1/s1. The molecule has 4 unspecified atom stereocenters. The van der Waals surface area contributed by atoms with E-state index in [1.807, 2.05) is 25.7 Å². The van der Waals surface area contributed by atoms with Crippen LogP contribution in [0.1, 0.15) is 107 Å². The van der Waals surface area contributed by atoms with E-state index < -0.39 is 17.8 Å². The van der Waals surface area contributed by atoms with Gasteiger partial charge in [0.15, 0.2) is 0 Å². The molecule has 5 saturated carbocycles. The quantitative estimate of drug-likeness (QED) is 0.337. The minimum Gasteiger partial charge on any atom is -0.446 e. The summed E-state index contributed by atoms with van der Waals surface area (Å²) in [6.45, 7) is 27.3. The Hall–Kier alpha value is -1.01. The molecule has 3 heterocycles. The fourth-order valence-electron chi connectivity index (χ4n) is 15.1. The average Bonchev–Trinajstić information content (AvgIpc) is 3.75. The smallest absolute Gasteiger partial charge is 0.410 e. The van der Waals surface area contributed by atoms with Crippen LogP contribution in [-0.4, -0.2) is 139 Å². The largest absolute Gasteiger partial charge is 0.446 e. The maximum Gasteiger partial charge on any atom is 0.410 e. The van der Waals surface area contributed by atoms with E-state index in [0.717, 1.165) is 104 Å². The van der Waals surface area contributed by atoms with Crippen molar-refractivity contribution in [2.24, 2.45) is 50.7 Å². The number of carbonyl (C=O) groups excluding carboxylic acids is 1. The topological polar surface area (TPSA) is 104 Å². The van der Waals surface area contributed by atoms with Crippen molar-refractivity contribution in [3.05, 3.63) is 0 Å². The van der Waals surface area contributed by atoms with Crippen LogP contribution < -0.4 is 0 Å². The third kappa shape index (κ3) is 5.82. The molecule has 0 radical (unpaired) electrons. The van der Waals surface area contributed by atoms with E-state index >= 15 is 0 Å². The highest BCUT2D eigenvalue weighted by Gasteiger charge is 2.85. The van der Waals surface area contributed by atoms with Crippen LogP contribution in [0.2, 0.25) is 0 Å². The monoisotopic (exact) mass is 744 g/mol. The van der Waals surface area contributed by atoms with Gasteiger partial charge in [-0.05, 0) is 112 Å². The lowest BCUT2D eigenvalue weighted by Gasteiger charge is -2.63. The second kappa shape index (κ2) is 13.5. The summed E-state index contributed by atoms with van der Waals surface area (Å²) < 4.78 is 25.1. The lowest BCUT2D eigenvalue weighted by atomic mass is 9.41. The predicted octanol–water partition coefficient (Wildman–Crippen LogP) is 5.43. The number of aliphatic hydroxyl groups is 2. The molecule has 10 heteroatoms. The lowest BCUT2D eigenvalue weighted by Crippen LogP contribution is -2.60. The third-order valence-corrected chi connectivity index (χ3v) is 17.9. The first-order valence-electron chi connectivity index (χ1n) is 21.7. The van der Waals surface area contributed by atoms with E-state index in [4.69, 9.17) is 18.9 Å². The maximum atomic E-state index is 13.7. The summed E-state index contributed by atoms with van der Waals surface area (Å²) in [5, 5.41) is 23.7. The number of aliphatic hydroxyl groups excluding tert-OH is 1. The summed E-state index contributed by atoms with van der Waals surface area (Å²) in [6.07, 6.45) is 7.11. The van der Waals surface area contributed by atoms with Gasteiger partial charge in [-0.15, -0.1) is 0 Å². The summed E-state index contributed by atoms with van der Waals surface area (Å²) in [7, 11) is 0. The molecule has 8 rings (SSSR count). The Morgan fingerprint density at radius 3 is 2.21 bits per heavy atom. The molecule has 0 aromatic carbocycles. The molecule has 10 nitrogen and oxygen atoms in total. The van der Waals surface area contributed by atoms with Gasteiger partial charge in [-0.1, -0.05) is 34.6 Å². The molecule has 13 atom stereocenters. The Morgan fingerprint density at radius 1 is 0.906 bits per heavy atom. The average molecular weight is 744 g/mol. The molecule has 1 amide bonds. The summed E-state index contributed by atoms with van der Waals surface area (Å²) in [6, 6.07) is 0. The van der Waals surface area contributed by atoms with Gasteiger partial charge in [0, 0.05) is 69.8 Å². The number of carbonyl (C=O) groups is 1. The fourth-order valence-corrected chi connectivity index (χ4v) is 15.1. The van der Waals surface area contributed by atoms with Crippen LogP contribution in [0.25, 0.3) is 0 Å². The number of nitrogens with zero attached hydrogens (tertiary/aromatic N) is 3. The first kappa shape index (κ1) is 38.8. The van der Waals surface area contributed by atoms with Crippen LogP contribution in [-0.2, 0) is 18.9 Å². The van der Waals surface area contributed by atoms with Crippen LogP contribution in [0.15, 0.2) is 0 Å². The van der Waals surface area contributed by atoms with E-state index in [2.05, 4.69) is 44.4 Å². The maximum absolute atomic E-state index is 13.7. The van der Waals surface area contributed by atoms with Gasteiger partial charge in [-0.2, -0.15) is 0 Å². The van der Waals surface area contributed by atoms with Crippen molar-refractivity contribution < 1.29 is 34.0 Å². The Labute approximate surface area is 320 Å². The lowest BCUT2D eigenvalue weighted by molar-refractivity contribution is -0.215. The number of rotatable bonds is 8. The summed E-state index contributed by atoms with van der Waals surface area (Å²) in [4.78, 5) is 20.6. The van der Waals surface area contributed by atoms with Gasteiger partial charge in [0.1, 0.15) is 12.2 Å². The van der Waals surface area contributed by atoms with Crippen LogP contribution in [0.5, 0.6) is 0 Å². The summed E-state index contributed by atoms with van der Waals surface area (Å²) >= 11 is 0. The van der Waals surface area contributed by atoms with Crippen molar-refractivity contribution in [2.75, 3.05) is 72.2 Å². The predicted molar refractivity (Wildman–Crippen MR) is 203 cm³/mol. The zero-order valence-electron chi connectivity index (χ0n) is 34.4. The molecule has 0 aromatic heterocycles. The highest BCUT2D eigenvalue weighted by atomic mass is 16.6. The SMILES string of the molecule is CCO[C@@H](C1C[C@@H](C)[C@H]2C(O1)[C@H](O)[C@@]1(C)C3CC[C@H]4C(C)(C)[C@@H](OC(=O)N5CCN(CCN6CCOCC6)CC5)CC[C@@]45CC35CC[C@]21C)C(C)(C)O. The van der Waals surface area contributed by atoms with Crippen molar-refractivity contribution >= 4 is 6.09 Å². The molecule has 8 aliphatic rings. The second-order valence-electron chi connectivity index (χ2n) is 20.7. The van der Waals surface area contributed by atoms with Gasteiger partial charge in [-0.25, -0.2) is 4.79 Å². The van der Waals surface area contributed by atoms with Crippen molar-refractivity contribution in [3.63, 3.8) is 0 Å². The number of amides is 1. The molecule has 0 aromatic rings. The highest BCUT2D eigenvalue weighted by Crippen LogP contribution is 2.89. The molecule has 5 aliphatic carbocycles. The first-order chi connectivity index (χ1) is 25.0. The number of ether oxygens (including phenoxy) is 4. The molecule has 53 heavy (non-hydrogen) atoms. The van der Waals surface area contributed by atoms with Crippen molar-refractivity contribution in [1.82, 2.24) is 14.7 Å². The Bertz CT molecular complexity index is 1360. The normalized spacial score (nSPS) is 47.4. The van der Waals surface area contributed by atoms with Gasteiger partial charge < -0.3 is 34.1 Å². The zero-order chi connectivity index (χ0) is 37.8. The van der Waals surface area contributed by atoms with E-state index in [-0.39, 0.29) is 57.4 Å². The van der Waals surface area contributed by atoms with E-state index in [1.54, 1.807) is 0 Å².